The van der Waals surface area contributed by atoms with Crippen LogP contribution in [0.1, 0.15) is 0 Å². The fraction of sp³-hybridized carbons (Fsp3) is 0. The minimum atomic E-state index is -2.49. The van der Waals surface area contributed by atoms with Crippen molar-refractivity contribution in [1.82, 2.24) is 0 Å². The molecule has 0 aliphatic carbocycles. The maximum absolute atomic E-state index is 2.49. The van der Waals surface area contributed by atoms with E-state index in [2.05, 4.69) is 127 Å². The molecule has 154 valence electrons. The molecule has 6 aromatic rings. The van der Waals surface area contributed by atoms with E-state index in [0.29, 0.717) is 0 Å². The van der Waals surface area contributed by atoms with Crippen LogP contribution in [0.5, 0.6) is 0 Å². The van der Waals surface area contributed by atoms with E-state index in [0.717, 1.165) is 8.80 Å². The van der Waals surface area contributed by atoms with Crippen LogP contribution in [0.25, 0.3) is 32.3 Å². The number of hydrogen-bond donors (Lipinski definition) is 0. The van der Waals surface area contributed by atoms with Crippen molar-refractivity contribution in [3.8, 4) is 0 Å². The van der Waals surface area contributed by atoms with E-state index in [-0.39, 0.29) is 0 Å². The fourth-order valence-corrected chi connectivity index (χ4v) is 15.1. The molecule has 6 rings (SSSR count). The van der Waals surface area contributed by atoms with Crippen LogP contribution in [-0.2, 0) is 12.4 Å². The van der Waals surface area contributed by atoms with Gasteiger partial charge in [-0.05, 0) is 0 Å². The molecule has 0 fully saturated rings. The summed E-state index contributed by atoms with van der Waals surface area (Å²) in [5.74, 6) is 0. The number of benzene rings is 6. The molecular weight excluding hydrogens is 440 g/mol. The SMILES string of the molecule is [SiH3][Cr]([c]1cccc2ccccc12)([c]1cccc2ccccc12)[c]1cccc2ccccc12. The molecule has 0 saturated heterocycles. The van der Waals surface area contributed by atoms with Gasteiger partial charge in [-0.1, -0.05) is 0 Å². The zero-order valence-electron chi connectivity index (χ0n) is 18.0. The van der Waals surface area contributed by atoms with Gasteiger partial charge in [0.2, 0.25) is 0 Å². The summed E-state index contributed by atoms with van der Waals surface area (Å²) in [5.41, 5.74) is 0. The molecule has 0 aliphatic rings. The first kappa shape index (κ1) is 19.5. The van der Waals surface area contributed by atoms with Crippen molar-refractivity contribution in [2.45, 2.75) is 0 Å². The third-order valence-corrected chi connectivity index (χ3v) is 17.8. The molecule has 0 unspecified atom stereocenters. The molecule has 0 aliphatic heterocycles. The van der Waals surface area contributed by atoms with E-state index in [1.807, 2.05) is 0 Å². The normalized spacial score (nSPS) is 12.5. The summed E-state index contributed by atoms with van der Waals surface area (Å²) < 4.78 is 4.66. The Balaban J connectivity index is 1.81. The maximum atomic E-state index is 2.42. The van der Waals surface area contributed by atoms with Gasteiger partial charge < -0.3 is 0 Å². The third-order valence-electron chi connectivity index (χ3n) is 6.57. The van der Waals surface area contributed by atoms with Crippen LogP contribution in [0.15, 0.2) is 127 Å². The Morgan fingerprint density at radius 2 is 0.625 bits per heavy atom. The molecule has 0 nitrogen and oxygen atoms in total. The second-order valence-corrected chi connectivity index (χ2v) is 18.3. The standard InChI is InChI=1S/3C10H7.Cr.H3Si/c3*1-2-6-10-8-4-3-7-9(10)5-1;;/h3*1-7H;;1H3. The van der Waals surface area contributed by atoms with Gasteiger partial charge in [0.15, 0.2) is 0 Å². The molecule has 32 heavy (non-hydrogen) atoms. The van der Waals surface area contributed by atoms with Gasteiger partial charge in [-0.25, -0.2) is 0 Å². The summed E-state index contributed by atoms with van der Waals surface area (Å²) in [6, 6.07) is 47.6. The topological polar surface area (TPSA) is 0 Å². The van der Waals surface area contributed by atoms with Crippen LogP contribution >= 0.6 is 0 Å². The molecule has 0 amide bonds. The Kier molecular flexibility index (Phi) is 4.74. The van der Waals surface area contributed by atoms with E-state index in [1.165, 1.54) is 32.3 Å². The first-order valence-corrected chi connectivity index (χ1v) is 17.5. The molecular formula is C30H24CrSi. The van der Waals surface area contributed by atoms with Gasteiger partial charge >= 0.3 is 194 Å². The Hall–Kier alpha value is -3.15. The van der Waals surface area contributed by atoms with Crippen molar-refractivity contribution in [3.63, 3.8) is 0 Å². The van der Waals surface area contributed by atoms with E-state index in [9.17, 15) is 0 Å². The minimum absolute atomic E-state index is 1.10. The van der Waals surface area contributed by atoms with Gasteiger partial charge in [0.1, 0.15) is 0 Å². The van der Waals surface area contributed by atoms with Crippen LogP contribution < -0.4 is 13.3 Å². The average Bonchev–Trinajstić information content (AvgIpc) is 2.87. The second kappa shape index (κ2) is 7.76. The monoisotopic (exact) mass is 464 g/mol. The van der Waals surface area contributed by atoms with Gasteiger partial charge in [-0.2, -0.15) is 0 Å². The molecule has 0 radical (unpaired) electrons. The van der Waals surface area contributed by atoms with Gasteiger partial charge in [-0.15, -0.1) is 0 Å². The summed E-state index contributed by atoms with van der Waals surface area (Å²) in [4.78, 5) is 0. The van der Waals surface area contributed by atoms with E-state index in [4.69, 9.17) is 0 Å². The molecule has 0 aromatic heterocycles. The van der Waals surface area contributed by atoms with Crippen molar-refractivity contribution in [1.29, 1.82) is 0 Å². The fourth-order valence-electron chi connectivity index (χ4n) is 5.01. The summed E-state index contributed by atoms with van der Waals surface area (Å²) in [6.07, 6.45) is 0. The van der Waals surface area contributed by atoms with Crippen molar-refractivity contribution in [2.75, 3.05) is 0 Å². The molecule has 6 aromatic carbocycles. The van der Waals surface area contributed by atoms with Crippen molar-refractivity contribution in [2.24, 2.45) is 0 Å². The molecule has 0 N–H and O–H groups in total. The van der Waals surface area contributed by atoms with Crippen molar-refractivity contribution >= 4 is 54.4 Å². The third kappa shape index (κ3) is 2.96. The summed E-state index contributed by atoms with van der Waals surface area (Å²) in [5, 5.41) is 8.23. The second-order valence-electron chi connectivity index (χ2n) is 8.35. The van der Waals surface area contributed by atoms with Gasteiger partial charge in [0, 0.05) is 0 Å². The van der Waals surface area contributed by atoms with Crippen LogP contribution in [0, 0.1) is 0 Å². The molecule has 0 heterocycles. The van der Waals surface area contributed by atoms with E-state index >= 15 is 0 Å². The number of fused-ring (bicyclic) bond motifs is 3. The predicted octanol–water partition coefficient (Wildman–Crippen LogP) is 4.86. The summed E-state index contributed by atoms with van der Waals surface area (Å²) in [7, 11) is 1.10. The first-order valence-electron chi connectivity index (χ1n) is 11.0. The molecule has 0 atom stereocenters. The van der Waals surface area contributed by atoms with E-state index < -0.39 is 12.4 Å². The van der Waals surface area contributed by atoms with Crippen LogP contribution in [0.3, 0.4) is 0 Å². The summed E-state index contributed by atoms with van der Waals surface area (Å²) in [6.45, 7) is 0. The Bertz CT molecular complexity index is 1390. The number of rotatable bonds is 3. The van der Waals surface area contributed by atoms with Crippen LogP contribution in [-0.4, -0.2) is 8.80 Å². The summed E-state index contributed by atoms with van der Waals surface area (Å²) >= 11 is -2.49. The van der Waals surface area contributed by atoms with Gasteiger partial charge in [-0.3, -0.25) is 0 Å². The van der Waals surface area contributed by atoms with Gasteiger partial charge in [0.05, 0.1) is 0 Å². The van der Waals surface area contributed by atoms with E-state index in [1.54, 1.807) is 13.3 Å². The number of hydrogen-bond acceptors (Lipinski definition) is 0. The Morgan fingerprint density at radius 1 is 0.344 bits per heavy atom. The Morgan fingerprint density at radius 3 is 0.969 bits per heavy atom. The van der Waals surface area contributed by atoms with Crippen LogP contribution in [0.4, 0.5) is 0 Å². The molecule has 0 saturated carbocycles. The Labute approximate surface area is 193 Å². The molecule has 0 spiro atoms. The quantitative estimate of drug-likeness (QED) is 0.328. The molecule has 0 bridgehead atoms. The first-order chi connectivity index (χ1) is 15.8. The zero-order chi connectivity index (χ0) is 21.5. The van der Waals surface area contributed by atoms with Crippen molar-refractivity contribution in [3.05, 3.63) is 127 Å². The van der Waals surface area contributed by atoms with Gasteiger partial charge in [0.25, 0.3) is 0 Å². The molecule has 2 heteroatoms. The predicted molar refractivity (Wildman–Crippen MR) is 141 cm³/mol. The zero-order valence-corrected chi connectivity index (χ0v) is 21.3. The van der Waals surface area contributed by atoms with Crippen molar-refractivity contribution < 1.29 is 12.4 Å². The average molecular weight is 465 g/mol. The van der Waals surface area contributed by atoms with Crippen LogP contribution in [0.2, 0.25) is 0 Å².